The van der Waals surface area contributed by atoms with Gasteiger partial charge in [0, 0.05) is 36.6 Å². The van der Waals surface area contributed by atoms with Gasteiger partial charge < -0.3 is 4.90 Å². The summed E-state index contributed by atoms with van der Waals surface area (Å²) in [5, 5.41) is 4.69. The minimum Gasteiger partial charge on any atom is -0.325 e. The lowest BCUT2D eigenvalue weighted by Crippen LogP contribution is -2.47. The molecule has 182 valence electrons. The Morgan fingerprint density at radius 3 is 2.46 bits per heavy atom. The molecule has 0 unspecified atom stereocenters. The molecule has 0 aliphatic carbocycles. The zero-order chi connectivity index (χ0) is 25.0. The number of halogens is 3. The molecule has 4 heterocycles. The third kappa shape index (κ3) is 3.61. The van der Waals surface area contributed by atoms with E-state index in [2.05, 4.69) is 4.98 Å². The molecule has 1 aliphatic rings. The molecule has 0 spiro atoms. The zero-order valence-electron chi connectivity index (χ0n) is 20.0. The summed E-state index contributed by atoms with van der Waals surface area (Å²) in [5.41, 5.74) is 4.45. The molecule has 2 atom stereocenters. The fourth-order valence-corrected chi connectivity index (χ4v) is 5.32. The van der Waals surface area contributed by atoms with Crippen LogP contribution in [0.5, 0.6) is 0 Å². The SMILES string of the molecule is CC[C@H]1Cc2c(nn(C)c2-c2cc(F)c(F)c(F)c2)[C@@H](CC)N1C(=O)c1cc(C)cc2nccn12. The standard InChI is InChI=1S/C26H26F3N5O/c1-5-16-13-17-24(31-32(4)25(17)15-11-18(27)23(29)19(28)12-15)20(6-2)34(16)26(35)21-9-14(3)10-22-30-7-8-33(21)22/h7-12,16,20H,5-6,13H2,1-4H3/t16-,20+/m0/s1. The molecule has 4 aromatic rings. The van der Waals surface area contributed by atoms with Gasteiger partial charge in [0.05, 0.1) is 17.4 Å². The molecular formula is C26H26F3N5O. The summed E-state index contributed by atoms with van der Waals surface area (Å²) in [5.74, 6) is -4.11. The van der Waals surface area contributed by atoms with Crippen molar-refractivity contribution < 1.29 is 18.0 Å². The monoisotopic (exact) mass is 481 g/mol. The van der Waals surface area contributed by atoms with Gasteiger partial charge in [-0.2, -0.15) is 5.10 Å². The second kappa shape index (κ2) is 8.55. The van der Waals surface area contributed by atoms with Crippen molar-refractivity contribution in [3.63, 3.8) is 0 Å². The molecule has 6 nitrogen and oxygen atoms in total. The average Bonchev–Trinajstić information content (AvgIpc) is 3.43. The number of hydrogen-bond donors (Lipinski definition) is 0. The van der Waals surface area contributed by atoms with Gasteiger partial charge in [-0.25, -0.2) is 18.2 Å². The maximum atomic E-state index is 14.1. The predicted octanol–water partition coefficient (Wildman–Crippen LogP) is 5.39. The number of hydrogen-bond acceptors (Lipinski definition) is 3. The first kappa shape index (κ1) is 23.1. The van der Waals surface area contributed by atoms with Crippen LogP contribution in [0.4, 0.5) is 13.2 Å². The Labute approximate surface area is 201 Å². The molecular weight excluding hydrogens is 455 g/mol. The van der Waals surface area contributed by atoms with Crippen molar-refractivity contribution in [2.45, 2.75) is 52.1 Å². The molecule has 5 rings (SSSR count). The number of carbonyl (C=O) groups excluding carboxylic acids is 1. The Kier molecular flexibility index (Phi) is 5.65. The highest BCUT2D eigenvalue weighted by molar-refractivity contribution is 5.94. The quantitative estimate of drug-likeness (QED) is 0.368. The van der Waals surface area contributed by atoms with Crippen LogP contribution in [0.3, 0.4) is 0 Å². The van der Waals surface area contributed by atoms with Crippen LogP contribution in [0.1, 0.15) is 60.0 Å². The van der Waals surface area contributed by atoms with E-state index < -0.39 is 17.5 Å². The number of amides is 1. The number of carbonyl (C=O) groups is 1. The average molecular weight is 482 g/mol. The van der Waals surface area contributed by atoms with Crippen LogP contribution in [0.25, 0.3) is 16.9 Å². The van der Waals surface area contributed by atoms with Crippen LogP contribution >= 0.6 is 0 Å². The van der Waals surface area contributed by atoms with Crippen LogP contribution in [-0.2, 0) is 13.5 Å². The van der Waals surface area contributed by atoms with E-state index in [1.807, 2.05) is 37.8 Å². The number of rotatable bonds is 4. The van der Waals surface area contributed by atoms with Crippen molar-refractivity contribution in [3.8, 4) is 11.3 Å². The molecule has 0 radical (unpaired) electrons. The largest absolute Gasteiger partial charge is 0.325 e. The Bertz CT molecular complexity index is 1430. The van der Waals surface area contributed by atoms with E-state index in [9.17, 15) is 18.0 Å². The predicted molar refractivity (Wildman–Crippen MR) is 125 cm³/mol. The first-order valence-electron chi connectivity index (χ1n) is 11.7. The summed E-state index contributed by atoms with van der Waals surface area (Å²) >= 11 is 0. The second-order valence-corrected chi connectivity index (χ2v) is 9.07. The molecule has 0 saturated heterocycles. The van der Waals surface area contributed by atoms with Crippen molar-refractivity contribution in [2.75, 3.05) is 0 Å². The van der Waals surface area contributed by atoms with Gasteiger partial charge >= 0.3 is 0 Å². The molecule has 3 aromatic heterocycles. The minimum atomic E-state index is -1.50. The van der Waals surface area contributed by atoms with Gasteiger partial charge in [0.2, 0.25) is 0 Å². The van der Waals surface area contributed by atoms with Crippen LogP contribution in [-0.4, -0.2) is 36.0 Å². The van der Waals surface area contributed by atoms with Crippen LogP contribution in [0.2, 0.25) is 0 Å². The number of fused-ring (bicyclic) bond motifs is 2. The first-order valence-corrected chi connectivity index (χ1v) is 11.7. The van der Waals surface area contributed by atoms with E-state index in [0.29, 0.717) is 42.0 Å². The van der Waals surface area contributed by atoms with Crippen molar-refractivity contribution in [1.82, 2.24) is 24.1 Å². The normalized spacial score (nSPS) is 17.7. The molecule has 1 aromatic carbocycles. The van der Waals surface area contributed by atoms with Crippen molar-refractivity contribution in [3.05, 3.63) is 76.6 Å². The minimum absolute atomic E-state index is 0.118. The summed E-state index contributed by atoms with van der Waals surface area (Å²) in [6.07, 6.45) is 5.20. The van der Waals surface area contributed by atoms with E-state index in [4.69, 9.17) is 5.10 Å². The second-order valence-electron chi connectivity index (χ2n) is 9.07. The maximum Gasteiger partial charge on any atom is 0.271 e. The Morgan fingerprint density at radius 1 is 1.09 bits per heavy atom. The topological polar surface area (TPSA) is 55.4 Å². The summed E-state index contributed by atoms with van der Waals surface area (Å²) in [6, 6.07) is 5.29. The lowest BCUT2D eigenvalue weighted by Gasteiger charge is -2.41. The number of nitrogens with zero attached hydrogens (tertiary/aromatic N) is 5. The van der Waals surface area contributed by atoms with E-state index in [0.717, 1.165) is 23.3 Å². The highest BCUT2D eigenvalue weighted by Gasteiger charge is 2.40. The van der Waals surface area contributed by atoms with E-state index in [-0.39, 0.29) is 23.6 Å². The van der Waals surface area contributed by atoms with Crippen LogP contribution in [0, 0.1) is 24.4 Å². The highest BCUT2D eigenvalue weighted by atomic mass is 19.2. The molecule has 0 saturated carbocycles. The number of aromatic nitrogens is 4. The van der Waals surface area contributed by atoms with E-state index in [1.165, 1.54) is 0 Å². The zero-order valence-corrected chi connectivity index (χ0v) is 20.0. The van der Waals surface area contributed by atoms with Gasteiger partial charge in [-0.1, -0.05) is 13.8 Å². The molecule has 9 heteroatoms. The summed E-state index contributed by atoms with van der Waals surface area (Å²) in [4.78, 5) is 20.2. The van der Waals surface area contributed by atoms with Crippen molar-refractivity contribution in [1.29, 1.82) is 0 Å². The lowest BCUT2D eigenvalue weighted by atomic mass is 9.87. The van der Waals surface area contributed by atoms with Gasteiger partial charge in [-0.3, -0.25) is 13.9 Å². The number of pyridine rings is 1. The number of aryl methyl sites for hydroxylation is 2. The van der Waals surface area contributed by atoms with Gasteiger partial charge in [-0.05, 0) is 56.0 Å². The van der Waals surface area contributed by atoms with Gasteiger partial charge in [0.1, 0.15) is 11.3 Å². The molecule has 35 heavy (non-hydrogen) atoms. The van der Waals surface area contributed by atoms with Crippen LogP contribution < -0.4 is 0 Å². The smallest absolute Gasteiger partial charge is 0.271 e. The molecule has 0 N–H and O–H groups in total. The number of imidazole rings is 1. The molecule has 1 amide bonds. The third-order valence-electron chi connectivity index (χ3n) is 6.88. The van der Waals surface area contributed by atoms with Gasteiger partial charge in [0.15, 0.2) is 17.5 Å². The Hall–Kier alpha value is -3.62. The lowest BCUT2D eigenvalue weighted by molar-refractivity contribution is 0.0505. The van der Waals surface area contributed by atoms with E-state index >= 15 is 0 Å². The fourth-order valence-electron chi connectivity index (χ4n) is 5.32. The highest BCUT2D eigenvalue weighted by Crippen LogP contribution is 2.41. The molecule has 0 bridgehead atoms. The van der Waals surface area contributed by atoms with Gasteiger partial charge in [0.25, 0.3) is 5.91 Å². The summed E-state index contributed by atoms with van der Waals surface area (Å²) in [7, 11) is 1.70. The van der Waals surface area contributed by atoms with Crippen molar-refractivity contribution in [2.24, 2.45) is 7.05 Å². The molecule has 1 aliphatic heterocycles. The first-order chi connectivity index (χ1) is 16.7. The fraction of sp³-hybridized carbons (Fsp3) is 0.346. The Morgan fingerprint density at radius 2 is 1.80 bits per heavy atom. The molecule has 0 fully saturated rings. The summed E-state index contributed by atoms with van der Waals surface area (Å²) in [6.45, 7) is 5.93. The van der Waals surface area contributed by atoms with Crippen LogP contribution in [0.15, 0.2) is 36.7 Å². The summed E-state index contributed by atoms with van der Waals surface area (Å²) < 4.78 is 45.1. The van der Waals surface area contributed by atoms with Crippen molar-refractivity contribution >= 4 is 11.6 Å². The maximum absolute atomic E-state index is 14.1. The number of benzene rings is 1. The van der Waals surface area contributed by atoms with E-state index in [1.54, 1.807) is 28.5 Å². The Balaban J connectivity index is 1.64. The third-order valence-corrected chi connectivity index (χ3v) is 6.88. The van der Waals surface area contributed by atoms with Gasteiger partial charge in [-0.15, -0.1) is 0 Å².